The molecule has 5 atom stereocenters. The van der Waals surface area contributed by atoms with Gasteiger partial charge < -0.3 is 9.84 Å². The Kier molecular flexibility index (Phi) is 5.38. The van der Waals surface area contributed by atoms with E-state index in [2.05, 4.69) is 6.58 Å². The summed E-state index contributed by atoms with van der Waals surface area (Å²) in [5.74, 6) is -0.275. The van der Waals surface area contributed by atoms with Gasteiger partial charge in [0, 0.05) is 17.8 Å². The number of allylic oxidation sites excluding steroid dienone is 1. The number of ketones is 1. The lowest BCUT2D eigenvalue weighted by Gasteiger charge is -2.45. The number of hydrogen-bond donors (Lipinski definition) is 1. The van der Waals surface area contributed by atoms with E-state index in [4.69, 9.17) is 4.74 Å². The Morgan fingerprint density at radius 2 is 2.12 bits per heavy atom. The summed E-state index contributed by atoms with van der Waals surface area (Å²) in [6, 6.07) is 0. The average Bonchev–Trinajstić information content (AvgIpc) is 2.83. The number of carbonyl (C=O) groups is 2. The van der Waals surface area contributed by atoms with Gasteiger partial charge in [0.15, 0.2) is 5.78 Å². The fraction of sp³-hybridized carbons (Fsp3) is 0.700. The summed E-state index contributed by atoms with van der Waals surface area (Å²) in [6.07, 6.45) is 2.02. The average molecular weight is 334 g/mol. The number of aliphatic hydroxyl groups is 1. The number of esters is 1. The standard InChI is InChI=1S/C20H30O4/c1-11(2)7-18(22)24-17-9-15(12(3)4)10-20(17)13(5)8-16(21)19(23)14(20)6/h8,11,14-15,17,19,23H,3,7,9-10H2,1-2,4-6H3/t14-,15-,17-,19-,20+/m1/s1. The third-order valence-electron chi connectivity index (χ3n) is 5.87. The fourth-order valence-corrected chi connectivity index (χ4v) is 4.37. The van der Waals surface area contributed by atoms with Crippen LogP contribution < -0.4 is 0 Å². The molecule has 0 aromatic heterocycles. The molecule has 2 aliphatic carbocycles. The third kappa shape index (κ3) is 3.21. The molecule has 0 heterocycles. The molecule has 0 unspecified atom stereocenters. The van der Waals surface area contributed by atoms with Crippen molar-refractivity contribution in [1.29, 1.82) is 0 Å². The second-order valence-electron chi connectivity index (χ2n) is 8.06. The molecule has 0 radical (unpaired) electrons. The van der Waals surface area contributed by atoms with Gasteiger partial charge >= 0.3 is 5.97 Å². The molecule has 134 valence electrons. The first-order valence-electron chi connectivity index (χ1n) is 8.85. The van der Waals surface area contributed by atoms with Crippen molar-refractivity contribution >= 4 is 11.8 Å². The smallest absolute Gasteiger partial charge is 0.306 e. The zero-order valence-corrected chi connectivity index (χ0v) is 15.5. The van der Waals surface area contributed by atoms with E-state index in [0.29, 0.717) is 12.8 Å². The molecule has 2 rings (SSSR count). The molecule has 4 nitrogen and oxygen atoms in total. The second-order valence-corrected chi connectivity index (χ2v) is 8.06. The zero-order valence-electron chi connectivity index (χ0n) is 15.5. The number of carbonyl (C=O) groups excluding carboxylic acids is 2. The van der Waals surface area contributed by atoms with Crippen molar-refractivity contribution in [2.75, 3.05) is 0 Å². The van der Waals surface area contributed by atoms with Gasteiger partial charge in [-0.25, -0.2) is 0 Å². The van der Waals surface area contributed by atoms with E-state index >= 15 is 0 Å². The van der Waals surface area contributed by atoms with Crippen molar-refractivity contribution in [1.82, 2.24) is 0 Å². The Balaban J connectivity index is 2.39. The molecule has 1 spiro atoms. The van der Waals surface area contributed by atoms with E-state index in [-0.39, 0.29) is 35.6 Å². The van der Waals surface area contributed by atoms with Gasteiger partial charge in [-0.3, -0.25) is 9.59 Å². The van der Waals surface area contributed by atoms with Gasteiger partial charge in [0.05, 0.1) is 0 Å². The van der Waals surface area contributed by atoms with Crippen LogP contribution in [0.3, 0.4) is 0 Å². The Labute approximate surface area is 145 Å². The molecule has 2 aliphatic rings. The van der Waals surface area contributed by atoms with Gasteiger partial charge in [-0.1, -0.05) is 38.5 Å². The first-order valence-corrected chi connectivity index (χ1v) is 8.85. The monoisotopic (exact) mass is 334 g/mol. The van der Waals surface area contributed by atoms with Gasteiger partial charge in [0.1, 0.15) is 12.2 Å². The number of aliphatic hydroxyl groups excluding tert-OH is 1. The minimum Gasteiger partial charge on any atom is -0.461 e. The summed E-state index contributed by atoms with van der Waals surface area (Å²) < 4.78 is 5.88. The normalized spacial score (nSPS) is 36.1. The molecule has 0 aromatic rings. The molecule has 0 aliphatic heterocycles. The highest BCUT2D eigenvalue weighted by Crippen LogP contribution is 2.57. The molecule has 0 amide bonds. The van der Waals surface area contributed by atoms with Gasteiger partial charge in [-0.05, 0) is 44.6 Å². The maximum absolute atomic E-state index is 12.3. The number of hydrogen-bond acceptors (Lipinski definition) is 4. The highest BCUT2D eigenvalue weighted by molar-refractivity contribution is 5.95. The Bertz CT molecular complexity index is 574. The molecular weight excluding hydrogens is 304 g/mol. The van der Waals surface area contributed by atoms with Crippen molar-refractivity contribution in [2.45, 2.75) is 66.1 Å². The first kappa shape index (κ1) is 18.9. The van der Waals surface area contributed by atoms with Gasteiger partial charge in [-0.2, -0.15) is 0 Å². The minimum absolute atomic E-state index is 0.205. The lowest BCUT2D eigenvalue weighted by Crippen LogP contribution is -2.50. The quantitative estimate of drug-likeness (QED) is 0.632. The summed E-state index contributed by atoms with van der Waals surface area (Å²) >= 11 is 0. The molecule has 0 saturated heterocycles. The molecular formula is C20H30O4. The van der Waals surface area contributed by atoms with Crippen LogP contribution in [0.1, 0.15) is 53.9 Å². The highest BCUT2D eigenvalue weighted by Gasteiger charge is 2.57. The van der Waals surface area contributed by atoms with Gasteiger partial charge in [0.2, 0.25) is 0 Å². The van der Waals surface area contributed by atoms with Crippen molar-refractivity contribution in [2.24, 2.45) is 23.2 Å². The summed E-state index contributed by atoms with van der Waals surface area (Å²) in [6.45, 7) is 13.8. The van der Waals surface area contributed by atoms with Crippen LogP contribution in [0.25, 0.3) is 0 Å². The second kappa shape index (κ2) is 6.83. The number of rotatable bonds is 4. The lowest BCUT2D eigenvalue weighted by molar-refractivity contribution is -0.158. The van der Waals surface area contributed by atoms with Gasteiger partial charge in [-0.15, -0.1) is 0 Å². The van der Waals surface area contributed by atoms with Crippen molar-refractivity contribution in [3.8, 4) is 0 Å². The largest absolute Gasteiger partial charge is 0.461 e. The van der Waals surface area contributed by atoms with Crippen molar-refractivity contribution in [3.63, 3.8) is 0 Å². The van der Waals surface area contributed by atoms with E-state index in [1.165, 1.54) is 6.08 Å². The van der Waals surface area contributed by atoms with Crippen LogP contribution in [-0.4, -0.2) is 29.1 Å². The van der Waals surface area contributed by atoms with Gasteiger partial charge in [0.25, 0.3) is 0 Å². The van der Waals surface area contributed by atoms with Crippen LogP contribution >= 0.6 is 0 Å². The molecule has 4 heteroatoms. The molecule has 1 saturated carbocycles. The topological polar surface area (TPSA) is 63.6 Å². The SMILES string of the molecule is C=C(C)[C@@H]1C[C@@H](OC(=O)CC(C)C)[C@@]2(C1)C(C)=CC(=O)[C@H](O)[C@H]2C. The van der Waals surface area contributed by atoms with Crippen LogP contribution in [0, 0.1) is 23.2 Å². The fourth-order valence-electron chi connectivity index (χ4n) is 4.37. The van der Waals surface area contributed by atoms with E-state index in [1.54, 1.807) is 0 Å². The third-order valence-corrected chi connectivity index (χ3v) is 5.87. The predicted molar refractivity (Wildman–Crippen MR) is 93.2 cm³/mol. The minimum atomic E-state index is -1.04. The molecule has 0 aromatic carbocycles. The Morgan fingerprint density at radius 3 is 2.67 bits per heavy atom. The summed E-state index contributed by atoms with van der Waals surface area (Å²) in [7, 11) is 0. The molecule has 1 fully saturated rings. The zero-order chi connectivity index (χ0) is 18.2. The summed E-state index contributed by atoms with van der Waals surface area (Å²) in [5, 5.41) is 10.4. The maximum atomic E-state index is 12.3. The van der Waals surface area contributed by atoms with Crippen LogP contribution in [0.15, 0.2) is 23.8 Å². The Hall–Kier alpha value is -1.42. The van der Waals surface area contributed by atoms with Crippen LogP contribution in [0.2, 0.25) is 0 Å². The van der Waals surface area contributed by atoms with Crippen molar-refractivity contribution < 1.29 is 19.4 Å². The van der Waals surface area contributed by atoms with E-state index < -0.39 is 11.5 Å². The van der Waals surface area contributed by atoms with E-state index in [9.17, 15) is 14.7 Å². The summed E-state index contributed by atoms with van der Waals surface area (Å²) in [5.41, 5.74) is 1.49. The predicted octanol–water partition coefficient (Wildman–Crippen LogP) is 3.44. The number of ether oxygens (including phenoxy) is 1. The van der Waals surface area contributed by atoms with E-state index in [1.807, 2.05) is 34.6 Å². The Morgan fingerprint density at radius 1 is 1.50 bits per heavy atom. The first-order chi connectivity index (χ1) is 11.1. The molecule has 1 N–H and O–H groups in total. The molecule has 24 heavy (non-hydrogen) atoms. The lowest BCUT2D eigenvalue weighted by atomic mass is 9.62. The van der Waals surface area contributed by atoms with Crippen LogP contribution in [0.4, 0.5) is 0 Å². The van der Waals surface area contributed by atoms with Crippen LogP contribution in [-0.2, 0) is 14.3 Å². The van der Waals surface area contributed by atoms with E-state index in [0.717, 1.165) is 17.6 Å². The van der Waals surface area contributed by atoms with Crippen LogP contribution in [0.5, 0.6) is 0 Å². The van der Waals surface area contributed by atoms with Crippen molar-refractivity contribution in [3.05, 3.63) is 23.8 Å². The summed E-state index contributed by atoms with van der Waals surface area (Å²) in [4.78, 5) is 24.3. The molecule has 0 bridgehead atoms. The highest BCUT2D eigenvalue weighted by atomic mass is 16.5. The maximum Gasteiger partial charge on any atom is 0.306 e.